The molecular formula is C61H49NSi. The maximum atomic E-state index is 2.68. The molecule has 1 aliphatic carbocycles. The number of rotatable bonds is 1. The fourth-order valence-corrected chi connectivity index (χ4v) is 18.1. The standard InChI is InChI=1S/C61H49NSi/c1-59(2,3)38-31-33-43-44-34-32-39(60(4,5)6)36-56(44)63(55(43)35-38)54-30-18-11-23-46(54)58-45-22-8-7-21-42(45)53(37-57(58)63)62-51-28-16-14-26-49(51)61(50-27-15-17-29-52(50)62)47-24-12-9-19-40(47)41-20-10-13-25-48(41)61/h7-37H,1-6H3. The van der Waals surface area contributed by atoms with Crippen LogP contribution in [0.25, 0.3) is 44.2 Å². The van der Waals surface area contributed by atoms with E-state index < -0.39 is 13.5 Å². The molecule has 63 heavy (non-hydrogen) atoms. The Labute approximate surface area is 372 Å². The maximum Gasteiger partial charge on any atom is 0.182 e. The van der Waals surface area contributed by atoms with Crippen LogP contribution in [0.3, 0.4) is 0 Å². The zero-order valence-corrected chi connectivity index (χ0v) is 37.8. The molecule has 4 aliphatic rings. The van der Waals surface area contributed by atoms with Crippen molar-refractivity contribution in [1.82, 2.24) is 0 Å². The van der Waals surface area contributed by atoms with Gasteiger partial charge in [-0.25, -0.2) is 0 Å². The van der Waals surface area contributed by atoms with Crippen molar-refractivity contribution in [3.63, 3.8) is 0 Å². The van der Waals surface area contributed by atoms with Crippen LogP contribution in [0.15, 0.2) is 188 Å². The number of fused-ring (bicyclic) bond motifs is 21. The van der Waals surface area contributed by atoms with Gasteiger partial charge in [-0.2, -0.15) is 0 Å². The van der Waals surface area contributed by atoms with Gasteiger partial charge >= 0.3 is 0 Å². The Morgan fingerprint density at radius 2 is 0.794 bits per heavy atom. The summed E-state index contributed by atoms with van der Waals surface area (Å²) in [6.07, 6.45) is 0. The number of para-hydroxylation sites is 2. The lowest BCUT2D eigenvalue weighted by atomic mass is 9.64. The molecule has 0 radical (unpaired) electrons. The summed E-state index contributed by atoms with van der Waals surface area (Å²) < 4.78 is 0. The zero-order chi connectivity index (χ0) is 42.6. The Morgan fingerprint density at radius 3 is 1.33 bits per heavy atom. The molecule has 2 spiro atoms. The first-order chi connectivity index (χ1) is 30.5. The van der Waals surface area contributed by atoms with Crippen LogP contribution in [-0.4, -0.2) is 8.07 Å². The van der Waals surface area contributed by atoms with Gasteiger partial charge in [0, 0.05) is 5.39 Å². The zero-order valence-electron chi connectivity index (χ0n) is 36.8. The van der Waals surface area contributed by atoms with Crippen LogP contribution in [0.5, 0.6) is 0 Å². The number of anilines is 3. The van der Waals surface area contributed by atoms with Gasteiger partial charge in [-0.3, -0.25) is 0 Å². The predicted molar refractivity (Wildman–Crippen MR) is 268 cm³/mol. The minimum absolute atomic E-state index is 0.000116. The van der Waals surface area contributed by atoms with Crippen LogP contribution in [-0.2, 0) is 16.2 Å². The maximum absolute atomic E-state index is 2.92. The van der Waals surface area contributed by atoms with Crippen LogP contribution >= 0.6 is 0 Å². The fraction of sp³-hybridized carbons (Fsp3) is 0.148. The van der Waals surface area contributed by atoms with Crippen molar-refractivity contribution in [1.29, 1.82) is 0 Å². The van der Waals surface area contributed by atoms with E-state index in [0.29, 0.717) is 0 Å². The second kappa shape index (κ2) is 12.5. The van der Waals surface area contributed by atoms with Crippen LogP contribution in [0, 0.1) is 0 Å². The molecule has 0 saturated heterocycles. The molecule has 0 aromatic heterocycles. The molecular weight excluding hydrogens is 775 g/mol. The van der Waals surface area contributed by atoms with Gasteiger partial charge < -0.3 is 4.90 Å². The van der Waals surface area contributed by atoms with E-state index in [4.69, 9.17) is 0 Å². The van der Waals surface area contributed by atoms with E-state index in [1.165, 1.54) is 115 Å². The molecule has 0 unspecified atom stereocenters. The van der Waals surface area contributed by atoms with Crippen LogP contribution in [0.2, 0.25) is 0 Å². The lowest BCUT2D eigenvalue weighted by molar-refractivity contribution is 0.590. The molecule has 1 nitrogen and oxygen atoms in total. The van der Waals surface area contributed by atoms with Gasteiger partial charge in [0.25, 0.3) is 0 Å². The summed E-state index contributed by atoms with van der Waals surface area (Å²) in [5.41, 5.74) is 19.6. The van der Waals surface area contributed by atoms with E-state index in [1.54, 1.807) is 0 Å². The largest absolute Gasteiger partial charge is 0.309 e. The van der Waals surface area contributed by atoms with Crippen LogP contribution in [0.1, 0.15) is 74.9 Å². The van der Waals surface area contributed by atoms with Crippen molar-refractivity contribution in [3.05, 3.63) is 221 Å². The van der Waals surface area contributed by atoms with Gasteiger partial charge in [0.15, 0.2) is 8.07 Å². The van der Waals surface area contributed by atoms with Crippen molar-refractivity contribution in [2.24, 2.45) is 0 Å². The first-order valence-electron chi connectivity index (χ1n) is 22.7. The average Bonchev–Trinajstić information content (AvgIpc) is 3.88. The highest BCUT2D eigenvalue weighted by Gasteiger charge is 2.56. The summed E-state index contributed by atoms with van der Waals surface area (Å²) >= 11 is 0. The lowest BCUT2D eigenvalue weighted by Gasteiger charge is -2.45. The molecule has 9 aromatic rings. The van der Waals surface area contributed by atoms with Crippen molar-refractivity contribution in [2.75, 3.05) is 4.90 Å². The monoisotopic (exact) mass is 823 g/mol. The van der Waals surface area contributed by atoms with Gasteiger partial charge in [-0.05, 0) is 122 Å². The molecule has 9 aromatic carbocycles. The van der Waals surface area contributed by atoms with Crippen molar-refractivity contribution in [3.8, 4) is 33.4 Å². The number of benzene rings is 9. The van der Waals surface area contributed by atoms with Gasteiger partial charge in [0.05, 0.1) is 22.5 Å². The third-order valence-electron chi connectivity index (χ3n) is 15.2. The highest BCUT2D eigenvalue weighted by Crippen LogP contribution is 2.63. The Hall–Kier alpha value is -6.74. The second-order valence-corrected chi connectivity index (χ2v) is 24.0. The van der Waals surface area contributed by atoms with Crippen molar-refractivity contribution >= 4 is 56.7 Å². The third kappa shape index (κ3) is 4.57. The molecule has 302 valence electrons. The Balaban J connectivity index is 1.17. The summed E-state index contributed by atoms with van der Waals surface area (Å²) in [5, 5.41) is 8.66. The predicted octanol–water partition coefficient (Wildman–Crippen LogP) is 12.9. The Morgan fingerprint density at radius 1 is 0.349 bits per heavy atom. The normalized spacial score (nSPS) is 15.4. The SMILES string of the molecule is CC(C)(C)c1ccc2c(c1)[Si]1(c3cc(C(C)(C)C)ccc3-2)c2ccccc2-c2c1cc(N1c3ccccc3C3(c4ccccc4-c4ccccc43)c3ccccc31)c1ccccc21. The molecule has 0 bridgehead atoms. The van der Waals surface area contributed by atoms with Crippen LogP contribution < -0.4 is 25.6 Å². The number of hydrogen-bond acceptors (Lipinski definition) is 1. The van der Waals surface area contributed by atoms with Crippen molar-refractivity contribution in [2.45, 2.75) is 57.8 Å². The highest BCUT2D eigenvalue weighted by molar-refractivity contribution is 7.24. The second-order valence-electron chi connectivity index (χ2n) is 20.4. The fourth-order valence-electron chi connectivity index (χ4n) is 12.5. The molecule has 0 amide bonds. The summed E-state index contributed by atoms with van der Waals surface area (Å²) in [6.45, 7) is 14.2. The summed E-state index contributed by atoms with van der Waals surface area (Å²) in [7, 11) is -2.92. The Bertz CT molecular complexity index is 3290. The summed E-state index contributed by atoms with van der Waals surface area (Å²) in [6, 6.07) is 73.2. The minimum Gasteiger partial charge on any atom is -0.309 e. The number of nitrogens with zero attached hydrogens (tertiary/aromatic N) is 1. The van der Waals surface area contributed by atoms with E-state index in [1.807, 2.05) is 0 Å². The number of hydrogen-bond donors (Lipinski definition) is 0. The average molecular weight is 824 g/mol. The topological polar surface area (TPSA) is 3.24 Å². The van der Waals surface area contributed by atoms with Crippen LogP contribution in [0.4, 0.5) is 17.1 Å². The van der Waals surface area contributed by atoms with Gasteiger partial charge in [0.1, 0.15) is 0 Å². The lowest BCUT2D eigenvalue weighted by Crippen LogP contribution is -2.71. The summed E-state index contributed by atoms with van der Waals surface area (Å²) in [5.74, 6) is 0. The minimum atomic E-state index is -2.92. The molecule has 0 fully saturated rings. The van der Waals surface area contributed by atoms with E-state index >= 15 is 0 Å². The molecule has 0 saturated carbocycles. The molecule has 13 rings (SSSR count). The molecule has 2 heteroatoms. The van der Waals surface area contributed by atoms with E-state index in [2.05, 4.69) is 234 Å². The first-order valence-corrected chi connectivity index (χ1v) is 24.7. The molecule has 0 atom stereocenters. The van der Waals surface area contributed by atoms with Gasteiger partial charge in [-0.1, -0.05) is 211 Å². The molecule has 3 aliphatic heterocycles. The first kappa shape index (κ1) is 36.9. The molecule has 0 N–H and O–H groups in total. The smallest absolute Gasteiger partial charge is 0.182 e. The van der Waals surface area contributed by atoms with E-state index in [-0.39, 0.29) is 10.8 Å². The highest BCUT2D eigenvalue weighted by atomic mass is 28.3. The van der Waals surface area contributed by atoms with Gasteiger partial charge in [0.2, 0.25) is 0 Å². The third-order valence-corrected chi connectivity index (χ3v) is 20.1. The van der Waals surface area contributed by atoms with E-state index in [0.717, 1.165) is 0 Å². The molecule has 3 heterocycles. The quantitative estimate of drug-likeness (QED) is 0.149. The van der Waals surface area contributed by atoms with Crippen molar-refractivity contribution < 1.29 is 0 Å². The van der Waals surface area contributed by atoms with Gasteiger partial charge in [-0.15, -0.1) is 0 Å². The van der Waals surface area contributed by atoms with E-state index in [9.17, 15) is 0 Å². The Kier molecular flexibility index (Phi) is 7.29. The summed E-state index contributed by atoms with van der Waals surface area (Å²) in [4.78, 5) is 2.64.